The van der Waals surface area contributed by atoms with E-state index in [4.69, 9.17) is 10.9 Å². The molecule has 0 aromatic rings. The van der Waals surface area contributed by atoms with Crippen molar-refractivity contribution in [1.29, 1.82) is 0 Å². The van der Waals surface area contributed by atoms with Gasteiger partial charge < -0.3 is 10.9 Å². The third kappa shape index (κ3) is 6.26. The molecule has 1 rings (SSSR count). The quantitative estimate of drug-likeness (QED) is 0.325. The minimum absolute atomic E-state index is 0. The molecule has 0 aliphatic carbocycles. The van der Waals surface area contributed by atoms with E-state index in [-0.39, 0.29) is 24.8 Å². The molecule has 0 saturated carbocycles. The van der Waals surface area contributed by atoms with Gasteiger partial charge in [-0.1, -0.05) is 5.16 Å². The van der Waals surface area contributed by atoms with Gasteiger partial charge in [0.25, 0.3) is 0 Å². The fraction of sp³-hybridized carbons (Fsp3) is 0.833. The summed E-state index contributed by atoms with van der Waals surface area (Å²) in [7, 11) is 0. The number of amidine groups is 1. The molecule has 1 fully saturated rings. The van der Waals surface area contributed by atoms with Crippen LogP contribution >= 0.6 is 36.6 Å². The van der Waals surface area contributed by atoms with Crippen molar-refractivity contribution >= 4 is 42.4 Å². The number of rotatable bonds is 2. The van der Waals surface area contributed by atoms with Gasteiger partial charge >= 0.3 is 0 Å². The van der Waals surface area contributed by atoms with Gasteiger partial charge in [-0.05, 0) is 0 Å². The van der Waals surface area contributed by atoms with E-state index >= 15 is 0 Å². The number of nitrogens with zero attached hydrogens (tertiary/aromatic N) is 2. The van der Waals surface area contributed by atoms with Crippen LogP contribution in [0, 0.1) is 0 Å². The van der Waals surface area contributed by atoms with Crippen LogP contribution in [0.4, 0.5) is 0 Å². The summed E-state index contributed by atoms with van der Waals surface area (Å²) < 4.78 is 0. The van der Waals surface area contributed by atoms with Crippen molar-refractivity contribution in [3.63, 3.8) is 0 Å². The molecule has 0 aromatic heterocycles. The second kappa shape index (κ2) is 8.74. The van der Waals surface area contributed by atoms with Crippen LogP contribution in [0.2, 0.25) is 0 Å². The molecule has 4 nitrogen and oxygen atoms in total. The van der Waals surface area contributed by atoms with Gasteiger partial charge in [0, 0.05) is 24.6 Å². The molecule has 0 radical (unpaired) electrons. The lowest BCUT2D eigenvalue weighted by Crippen LogP contribution is -2.39. The van der Waals surface area contributed by atoms with Gasteiger partial charge in [0.05, 0.1) is 6.54 Å². The van der Waals surface area contributed by atoms with E-state index in [9.17, 15) is 0 Å². The average Bonchev–Trinajstić information content (AvgIpc) is 2.06. The molecule has 1 aliphatic heterocycles. The van der Waals surface area contributed by atoms with E-state index < -0.39 is 0 Å². The van der Waals surface area contributed by atoms with Crippen molar-refractivity contribution in [3.8, 4) is 0 Å². The largest absolute Gasteiger partial charge is 0.409 e. The summed E-state index contributed by atoms with van der Waals surface area (Å²) in [6.45, 7) is 2.68. The van der Waals surface area contributed by atoms with Crippen molar-refractivity contribution in [3.05, 3.63) is 0 Å². The number of halogens is 2. The predicted molar refractivity (Wildman–Crippen MR) is 61.7 cm³/mol. The highest BCUT2D eigenvalue weighted by atomic mass is 35.5. The summed E-state index contributed by atoms with van der Waals surface area (Å²) in [5.74, 6) is 2.61. The zero-order valence-corrected chi connectivity index (χ0v) is 9.63. The second-order valence-corrected chi connectivity index (χ2v) is 3.70. The monoisotopic (exact) mass is 247 g/mol. The third-order valence-corrected chi connectivity index (χ3v) is 2.56. The highest BCUT2D eigenvalue weighted by molar-refractivity contribution is 7.99. The number of hydrogen-bond donors (Lipinski definition) is 2. The van der Waals surface area contributed by atoms with Crippen molar-refractivity contribution < 1.29 is 5.21 Å². The molecule has 1 heterocycles. The summed E-state index contributed by atoms with van der Waals surface area (Å²) >= 11 is 1.95. The first kappa shape index (κ1) is 15.6. The van der Waals surface area contributed by atoms with Crippen molar-refractivity contribution in [2.75, 3.05) is 31.1 Å². The first-order valence-corrected chi connectivity index (χ1v) is 4.75. The fourth-order valence-corrected chi connectivity index (χ4v) is 2.00. The molecule has 13 heavy (non-hydrogen) atoms. The van der Waals surface area contributed by atoms with E-state index in [2.05, 4.69) is 10.1 Å². The molecular weight excluding hydrogens is 233 g/mol. The Morgan fingerprint density at radius 3 is 2.38 bits per heavy atom. The molecule has 0 bridgehead atoms. The predicted octanol–water partition coefficient (Wildman–Crippen LogP) is 0.625. The smallest absolute Gasteiger partial charge is 0.153 e. The minimum atomic E-state index is 0. The SMILES string of the molecule is Cl.Cl.N/C(CN1CCSCC1)=N\O. The van der Waals surface area contributed by atoms with Crippen LogP contribution in [-0.2, 0) is 0 Å². The van der Waals surface area contributed by atoms with Crippen LogP contribution in [0.1, 0.15) is 0 Å². The van der Waals surface area contributed by atoms with Gasteiger partial charge in [0.15, 0.2) is 5.84 Å². The second-order valence-electron chi connectivity index (χ2n) is 2.48. The van der Waals surface area contributed by atoms with Crippen LogP contribution in [0.15, 0.2) is 5.16 Å². The maximum atomic E-state index is 8.30. The zero-order valence-electron chi connectivity index (χ0n) is 7.18. The average molecular weight is 248 g/mol. The number of oxime groups is 1. The summed E-state index contributed by atoms with van der Waals surface area (Å²) in [6, 6.07) is 0. The van der Waals surface area contributed by atoms with Gasteiger partial charge in [-0.3, -0.25) is 4.90 Å². The molecule has 1 aliphatic rings. The lowest BCUT2D eigenvalue weighted by molar-refractivity contribution is 0.303. The van der Waals surface area contributed by atoms with Crippen LogP contribution in [0.5, 0.6) is 0 Å². The third-order valence-electron chi connectivity index (χ3n) is 1.62. The Bertz CT molecular complexity index is 153. The molecule has 80 valence electrons. The Morgan fingerprint density at radius 1 is 1.38 bits per heavy atom. The Hall–Kier alpha value is 0.160. The molecule has 1 saturated heterocycles. The van der Waals surface area contributed by atoms with Gasteiger partial charge in [-0.15, -0.1) is 24.8 Å². The Kier molecular flexibility index (Phi) is 10.5. The number of thioether (sulfide) groups is 1. The molecule has 0 atom stereocenters. The van der Waals surface area contributed by atoms with E-state index in [1.54, 1.807) is 0 Å². The Labute approximate surface area is 94.7 Å². The minimum Gasteiger partial charge on any atom is -0.409 e. The number of nitrogens with two attached hydrogens (primary N) is 1. The van der Waals surface area contributed by atoms with Crippen LogP contribution in [0.25, 0.3) is 0 Å². The summed E-state index contributed by atoms with van der Waals surface area (Å²) in [6.07, 6.45) is 0. The van der Waals surface area contributed by atoms with E-state index in [1.807, 2.05) is 11.8 Å². The molecule has 0 aromatic carbocycles. The number of hydrogen-bond acceptors (Lipinski definition) is 4. The van der Waals surface area contributed by atoms with Gasteiger partial charge in [-0.25, -0.2) is 0 Å². The molecule has 0 amide bonds. The summed E-state index contributed by atoms with van der Waals surface area (Å²) in [5, 5.41) is 11.2. The lowest BCUT2D eigenvalue weighted by atomic mass is 10.4. The highest BCUT2D eigenvalue weighted by Gasteiger charge is 2.10. The molecule has 7 heteroatoms. The van der Waals surface area contributed by atoms with Crippen LogP contribution < -0.4 is 5.73 Å². The lowest BCUT2D eigenvalue weighted by Gasteiger charge is -2.24. The van der Waals surface area contributed by atoms with Crippen molar-refractivity contribution in [1.82, 2.24) is 4.90 Å². The van der Waals surface area contributed by atoms with E-state index in [1.165, 1.54) is 0 Å². The molecule has 0 unspecified atom stereocenters. The van der Waals surface area contributed by atoms with Crippen molar-refractivity contribution in [2.45, 2.75) is 0 Å². The molecular formula is C6H15Cl2N3OS. The standard InChI is InChI=1S/C6H13N3OS.2ClH/c7-6(8-10)5-9-1-3-11-4-2-9;;/h10H,1-5H2,(H2,7,8);2*1H. The first-order valence-electron chi connectivity index (χ1n) is 3.59. The summed E-state index contributed by atoms with van der Waals surface area (Å²) in [4.78, 5) is 2.19. The Balaban J connectivity index is 0. The highest BCUT2D eigenvalue weighted by Crippen LogP contribution is 2.07. The maximum Gasteiger partial charge on any atom is 0.153 e. The topological polar surface area (TPSA) is 61.8 Å². The van der Waals surface area contributed by atoms with Gasteiger partial charge in [0.2, 0.25) is 0 Å². The van der Waals surface area contributed by atoms with E-state index in [0.29, 0.717) is 12.4 Å². The van der Waals surface area contributed by atoms with Gasteiger partial charge in [-0.2, -0.15) is 11.8 Å². The molecule has 0 spiro atoms. The van der Waals surface area contributed by atoms with Gasteiger partial charge in [0.1, 0.15) is 0 Å². The first-order chi connectivity index (χ1) is 5.33. The normalized spacial score (nSPS) is 18.6. The van der Waals surface area contributed by atoms with E-state index in [0.717, 1.165) is 24.6 Å². The zero-order chi connectivity index (χ0) is 8.10. The Morgan fingerprint density at radius 2 is 1.92 bits per heavy atom. The maximum absolute atomic E-state index is 8.30. The van der Waals surface area contributed by atoms with Crippen LogP contribution in [0.3, 0.4) is 0 Å². The fourth-order valence-electron chi connectivity index (χ4n) is 1.02. The summed E-state index contributed by atoms with van der Waals surface area (Å²) in [5.41, 5.74) is 5.36. The molecule has 3 N–H and O–H groups in total. The van der Waals surface area contributed by atoms with Crippen molar-refractivity contribution in [2.24, 2.45) is 10.9 Å². The van der Waals surface area contributed by atoms with Crippen LogP contribution in [-0.4, -0.2) is 47.1 Å².